The van der Waals surface area contributed by atoms with Crippen LogP contribution in [0.1, 0.15) is 26.3 Å². The van der Waals surface area contributed by atoms with Crippen LogP contribution in [0.5, 0.6) is 5.75 Å². The number of carbonyl (C=O) groups excluding carboxylic acids is 1. The quantitative estimate of drug-likeness (QED) is 0.618. The van der Waals surface area contributed by atoms with Crippen LogP contribution in [0.3, 0.4) is 0 Å². The van der Waals surface area contributed by atoms with Crippen molar-refractivity contribution in [2.24, 2.45) is 0 Å². The molecule has 0 saturated carbocycles. The Kier molecular flexibility index (Phi) is 4.11. The zero-order valence-corrected chi connectivity index (χ0v) is 10.7. The average molecular weight is 244 g/mol. The number of aromatic hydroxyl groups is 1. The molecule has 0 aromatic heterocycles. The first-order valence-corrected chi connectivity index (χ1v) is 5.55. The van der Waals surface area contributed by atoms with Crippen molar-refractivity contribution in [1.29, 1.82) is 5.26 Å². The number of carbonyl (C=O) groups is 1. The highest BCUT2D eigenvalue weighted by molar-refractivity contribution is 6.02. The molecule has 0 aliphatic carbocycles. The molecule has 2 N–H and O–H groups in total. The number of phenolic OH excluding ortho intramolecular Hbond substituents is 1. The maximum absolute atomic E-state index is 11.8. The molecule has 94 valence electrons. The van der Waals surface area contributed by atoms with Crippen molar-refractivity contribution >= 4 is 12.0 Å². The number of hydrogen-bond acceptors (Lipinski definition) is 3. The van der Waals surface area contributed by atoms with Gasteiger partial charge in [-0.25, -0.2) is 0 Å². The van der Waals surface area contributed by atoms with E-state index in [0.29, 0.717) is 5.56 Å². The lowest BCUT2D eigenvalue weighted by Gasteiger charge is -2.20. The molecule has 0 aliphatic heterocycles. The summed E-state index contributed by atoms with van der Waals surface area (Å²) in [6, 6.07) is 8.23. The van der Waals surface area contributed by atoms with Gasteiger partial charge < -0.3 is 10.4 Å². The maximum Gasteiger partial charge on any atom is 0.262 e. The van der Waals surface area contributed by atoms with Gasteiger partial charge in [0.25, 0.3) is 5.91 Å². The Balaban J connectivity index is 2.97. The number of nitriles is 1. The van der Waals surface area contributed by atoms with E-state index in [2.05, 4.69) is 5.32 Å². The van der Waals surface area contributed by atoms with Crippen LogP contribution < -0.4 is 5.32 Å². The van der Waals surface area contributed by atoms with E-state index >= 15 is 0 Å². The van der Waals surface area contributed by atoms with Gasteiger partial charge in [-0.1, -0.05) is 12.1 Å². The van der Waals surface area contributed by atoms with Gasteiger partial charge in [0.1, 0.15) is 17.4 Å². The highest BCUT2D eigenvalue weighted by Gasteiger charge is 2.17. The van der Waals surface area contributed by atoms with Crippen molar-refractivity contribution in [3.8, 4) is 11.8 Å². The third-order valence-electron chi connectivity index (χ3n) is 2.03. The number of nitrogens with zero attached hydrogens (tertiary/aromatic N) is 1. The molecule has 0 aliphatic rings. The van der Waals surface area contributed by atoms with Gasteiger partial charge in [-0.05, 0) is 44.5 Å². The van der Waals surface area contributed by atoms with E-state index < -0.39 is 11.4 Å². The van der Waals surface area contributed by atoms with Crippen LogP contribution in [0, 0.1) is 11.3 Å². The van der Waals surface area contributed by atoms with E-state index in [-0.39, 0.29) is 11.3 Å². The standard InChI is InChI=1S/C14H16N2O2/c1-14(2,3)16-13(18)11(9-15)7-10-5-4-6-12(17)8-10/h4-8,17H,1-3H3,(H,16,18)/b11-7+. The first-order valence-electron chi connectivity index (χ1n) is 5.55. The van der Waals surface area contributed by atoms with Crippen LogP contribution in [-0.4, -0.2) is 16.6 Å². The summed E-state index contributed by atoms with van der Waals surface area (Å²) in [5.74, 6) is -0.328. The topological polar surface area (TPSA) is 73.1 Å². The molecule has 1 amide bonds. The van der Waals surface area contributed by atoms with Crippen LogP contribution >= 0.6 is 0 Å². The summed E-state index contributed by atoms with van der Waals surface area (Å²) < 4.78 is 0. The Morgan fingerprint density at radius 2 is 2.11 bits per heavy atom. The number of amides is 1. The van der Waals surface area contributed by atoms with Crippen molar-refractivity contribution in [3.63, 3.8) is 0 Å². The predicted molar refractivity (Wildman–Crippen MR) is 69.6 cm³/mol. The van der Waals surface area contributed by atoms with Crippen molar-refractivity contribution < 1.29 is 9.90 Å². The molecule has 0 saturated heterocycles. The van der Waals surface area contributed by atoms with Gasteiger partial charge in [0.05, 0.1) is 0 Å². The highest BCUT2D eigenvalue weighted by atomic mass is 16.3. The monoisotopic (exact) mass is 244 g/mol. The normalized spacial score (nSPS) is 11.8. The smallest absolute Gasteiger partial charge is 0.262 e. The minimum Gasteiger partial charge on any atom is -0.508 e. The minimum absolute atomic E-state index is 0.00975. The highest BCUT2D eigenvalue weighted by Crippen LogP contribution is 2.14. The van der Waals surface area contributed by atoms with Crippen molar-refractivity contribution in [3.05, 3.63) is 35.4 Å². The minimum atomic E-state index is -0.423. The number of nitrogens with one attached hydrogen (secondary N) is 1. The van der Waals surface area contributed by atoms with Gasteiger partial charge in [-0.3, -0.25) is 4.79 Å². The Labute approximate surface area is 107 Å². The van der Waals surface area contributed by atoms with Crippen LogP contribution in [-0.2, 0) is 4.79 Å². The third-order valence-corrected chi connectivity index (χ3v) is 2.03. The SMILES string of the molecule is CC(C)(C)NC(=O)/C(C#N)=C/c1cccc(O)c1. The molecule has 18 heavy (non-hydrogen) atoms. The molecule has 0 heterocycles. The summed E-state index contributed by atoms with van der Waals surface area (Å²) in [6.07, 6.45) is 1.45. The van der Waals surface area contributed by atoms with Crippen LogP contribution in [0.4, 0.5) is 0 Å². The molecule has 4 heteroatoms. The van der Waals surface area contributed by atoms with Gasteiger partial charge in [-0.2, -0.15) is 5.26 Å². The van der Waals surface area contributed by atoms with E-state index in [1.54, 1.807) is 12.1 Å². The number of benzene rings is 1. The zero-order chi connectivity index (χ0) is 13.8. The lowest BCUT2D eigenvalue weighted by molar-refractivity contribution is -0.118. The summed E-state index contributed by atoms with van der Waals surface area (Å²) in [5.41, 5.74) is 0.220. The lowest BCUT2D eigenvalue weighted by atomic mass is 10.1. The fourth-order valence-electron chi connectivity index (χ4n) is 1.34. The van der Waals surface area contributed by atoms with Crippen molar-refractivity contribution in [1.82, 2.24) is 5.32 Å². The largest absolute Gasteiger partial charge is 0.508 e. The van der Waals surface area contributed by atoms with Crippen LogP contribution in [0.2, 0.25) is 0 Å². The second kappa shape index (κ2) is 5.37. The third kappa shape index (κ3) is 4.30. The Morgan fingerprint density at radius 1 is 1.44 bits per heavy atom. The molecule has 1 aromatic rings. The molecule has 1 aromatic carbocycles. The van der Waals surface area contributed by atoms with E-state index in [1.165, 1.54) is 18.2 Å². The molecule has 0 bridgehead atoms. The van der Waals surface area contributed by atoms with Crippen molar-refractivity contribution in [2.75, 3.05) is 0 Å². The average Bonchev–Trinajstić information content (AvgIpc) is 2.23. The molecule has 1 rings (SSSR count). The van der Waals surface area contributed by atoms with Gasteiger partial charge in [-0.15, -0.1) is 0 Å². The summed E-state index contributed by atoms with van der Waals surface area (Å²) in [6.45, 7) is 5.52. The Morgan fingerprint density at radius 3 is 2.61 bits per heavy atom. The molecule has 4 nitrogen and oxygen atoms in total. The molecular formula is C14H16N2O2. The molecule has 0 atom stereocenters. The first-order chi connectivity index (χ1) is 8.31. The van der Waals surface area contributed by atoms with Gasteiger partial charge in [0, 0.05) is 5.54 Å². The Bertz CT molecular complexity index is 519. The predicted octanol–water partition coefficient (Wildman–Crippen LogP) is 2.21. The second-order valence-corrected chi connectivity index (χ2v) is 4.97. The van der Waals surface area contributed by atoms with Crippen LogP contribution in [0.25, 0.3) is 6.08 Å². The van der Waals surface area contributed by atoms with Gasteiger partial charge in [0.2, 0.25) is 0 Å². The molecular weight excluding hydrogens is 228 g/mol. The second-order valence-electron chi connectivity index (χ2n) is 4.97. The summed E-state index contributed by atoms with van der Waals surface area (Å²) in [5, 5.41) is 21.0. The van der Waals surface area contributed by atoms with Crippen LogP contribution in [0.15, 0.2) is 29.8 Å². The maximum atomic E-state index is 11.8. The molecule has 0 spiro atoms. The molecule has 0 radical (unpaired) electrons. The van der Waals surface area contributed by atoms with E-state index in [4.69, 9.17) is 5.26 Å². The molecule has 0 fully saturated rings. The van der Waals surface area contributed by atoms with E-state index in [1.807, 2.05) is 26.8 Å². The zero-order valence-electron chi connectivity index (χ0n) is 10.7. The fourth-order valence-corrected chi connectivity index (χ4v) is 1.34. The van der Waals surface area contributed by atoms with Crippen molar-refractivity contribution in [2.45, 2.75) is 26.3 Å². The summed E-state index contributed by atoms with van der Waals surface area (Å²) in [7, 11) is 0. The Hall–Kier alpha value is -2.28. The fraction of sp³-hybridized carbons (Fsp3) is 0.286. The number of phenols is 1. The summed E-state index contributed by atoms with van der Waals surface area (Å²) >= 11 is 0. The summed E-state index contributed by atoms with van der Waals surface area (Å²) in [4.78, 5) is 11.8. The first kappa shape index (κ1) is 13.8. The molecule has 0 unspecified atom stereocenters. The van der Waals surface area contributed by atoms with E-state index in [9.17, 15) is 9.90 Å². The lowest BCUT2D eigenvalue weighted by Crippen LogP contribution is -2.41. The van der Waals surface area contributed by atoms with E-state index in [0.717, 1.165) is 0 Å². The number of rotatable bonds is 2. The number of hydrogen-bond donors (Lipinski definition) is 2. The van der Waals surface area contributed by atoms with Gasteiger partial charge >= 0.3 is 0 Å². The van der Waals surface area contributed by atoms with Gasteiger partial charge in [0.15, 0.2) is 0 Å².